The molecule has 2 N–H and O–H groups in total. The Balaban J connectivity index is 1.46. The van der Waals surface area contributed by atoms with Gasteiger partial charge in [-0.15, -0.1) is 0 Å². The Hall–Kier alpha value is -3.11. The average molecular weight is 545 g/mol. The topological polar surface area (TPSA) is 79.7 Å². The molecule has 2 unspecified atom stereocenters. The summed E-state index contributed by atoms with van der Waals surface area (Å²) < 4.78 is 57.0. The molecular weight excluding hydrogens is 509 g/mol. The van der Waals surface area contributed by atoms with Crippen molar-refractivity contribution in [3.63, 3.8) is 0 Å². The van der Waals surface area contributed by atoms with Crippen molar-refractivity contribution < 1.29 is 27.8 Å². The van der Waals surface area contributed by atoms with Crippen molar-refractivity contribution in [2.75, 3.05) is 32.6 Å². The molecule has 1 aliphatic carbocycles. The van der Waals surface area contributed by atoms with Gasteiger partial charge in [0, 0.05) is 29.6 Å². The van der Waals surface area contributed by atoms with Crippen LogP contribution in [0.3, 0.4) is 0 Å². The molecule has 1 aliphatic heterocycles. The standard InChI is InChI=1S/C29H35F3N4O3/c1-15(18-8-7-9-21(26(18)30)29(31,32)28(3,4)37)33-27-20-11-25(24(38-6)12-22(20)34-16(2)35-27)39-14-23-19-10-17(19)13-36(23)5/h7-9,11-12,15,17,19,23,37H,10,13-14H2,1-6H3,(H,33,34,35)/t15-,17?,19?,23-/m1/s1. The van der Waals surface area contributed by atoms with Crippen LogP contribution in [0, 0.1) is 24.6 Å². The Labute approximate surface area is 226 Å². The second kappa shape index (κ2) is 9.82. The lowest BCUT2D eigenvalue weighted by atomic mass is 9.91. The van der Waals surface area contributed by atoms with Crippen molar-refractivity contribution >= 4 is 16.7 Å². The number of likely N-dealkylation sites (N-methyl/N-ethyl adjacent to an activating group) is 1. The molecule has 1 saturated heterocycles. The third-order valence-electron chi connectivity index (χ3n) is 8.02. The van der Waals surface area contributed by atoms with Crippen LogP contribution in [-0.2, 0) is 5.92 Å². The smallest absolute Gasteiger partial charge is 0.303 e. The van der Waals surface area contributed by atoms with E-state index in [9.17, 15) is 13.9 Å². The van der Waals surface area contributed by atoms with E-state index in [1.165, 1.54) is 18.6 Å². The van der Waals surface area contributed by atoms with Gasteiger partial charge in [0.1, 0.15) is 29.7 Å². The molecule has 10 heteroatoms. The molecule has 4 atom stereocenters. The highest BCUT2D eigenvalue weighted by atomic mass is 19.3. The molecule has 1 aromatic heterocycles. The van der Waals surface area contributed by atoms with Crippen molar-refractivity contribution in [1.82, 2.24) is 14.9 Å². The molecular formula is C29H35F3N4O3. The molecule has 0 spiro atoms. The molecule has 0 amide bonds. The minimum absolute atomic E-state index is 0.0223. The molecule has 3 aromatic rings. The van der Waals surface area contributed by atoms with Crippen LogP contribution in [0.25, 0.3) is 10.9 Å². The van der Waals surface area contributed by atoms with E-state index >= 15 is 4.39 Å². The van der Waals surface area contributed by atoms with Crippen molar-refractivity contribution in [3.8, 4) is 11.5 Å². The molecule has 2 aromatic carbocycles. The zero-order valence-corrected chi connectivity index (χ0v) is 23.1. The van der Waals surface area contributed by atoms with Crippen LogP contribution >= 0.6 is 0 Å². The average Bonchev–Trinajstić information content (AvgIpc) is 3.54. The minimum Gasteiger partial charge on any atom is -0.493 e. The number of likely N-dealkylation sites (tertiary alicyclic amines) is 1. The Morgan fingerprint density at radius 3 is 2.59 bits per heavy atom. The largest absolute Gasteiger partial charge is 0.493 e. The molecule has 39 heavy (non-hydrogen) atoms. The first-order chi connectivity index (χ1) is 18.3. The fourth-order valence-corrected chi connectivity index (χ4v) is 5.58. The van der Waals surface area contributed by atoms with Gasteiger partial charge in [-0.2, -0.15) is 8.78 Å². The molecule has 0 bridgehead atoms. The predicted octanol–water partition coefficient (Wildman–Crippen LogP) is 5.45. The van der Waals surface area contributed by atoms with Gasteiger partial charge in [-0.3, -0.25) is 4.90 Å². The molecule has 1 saturated carbocycles. The Kier molecular flexibility index (Phi) is 6.91. The Morgan fingerprint density at radius 1 is 1.21 bits per heavy atom. The van der Waals surface area contributed by atoms with Gasteiger partial charge in [0.2, 0.25) is 0 Å². The van der Waals surface area contributed by atoms with E-state index < -0.39 is 28.9 Å². The summed E-state index contributed by atoms with van der Waals surface area (Å²) in [5.74, 6) is -1.46. The summed E-state index contributed by atoms with van der Waals surface area (Å²) in [6.07, 6.45) is 1.24. The van der Waals surface area contributed by atoms with E-state index in [-0.39, 0.29) is 5.56 Å². The van der Waals surface area contributed by atoms with Gasteiger partial charge in [-0.25, -0.2) is 14.4 Å². The van der Waals surface area contributed by atoms with Crippen LogP contribution < -0.4 is 14.8 Å². The van der Waals surface area contributed by atoms with E-state index in [2.05, 4.69) is 27.2 Å². The number of anilines is 1. The van der Waals surface area contributed by atoms with Gasteiger partial charge < -0.3 is 19.9 Å². The van der Waals surface area contributed by atoms with Gasteiger partial charge in [-0.05, 0) is 65.1 Å². The second-order valence-electron chi connectivity index (χ2n) is 11.3. The van der Waals surface area contributed by atoms with Crippen LogP contribution in [-0.4, -0.2) is 58.9 Å². The van der Waals surface area contributed by atoms with Gasteiger partial charge in [0.25, 0.3) is 0 Å². The molecule has 2 heterocycles. The third kappa shape index (κ3) is 5.00. The fourth-order valence-electron chi connectivity index (χ4n) is 5.58. The number of methoxy groups -OCH3 is 1. The van der Waals surface area contributed by atoms with Crippen molar-refractivity contribution in [1.29, 1.82) is 0 Å². The monoisotopic (exact) mass is 544 g/mol. The lowest BCUT2D eigenvalue weighted by Gasteiger charge is -2.30. The number of hydrogen-bond acceptors (Lipinski definition) is 7. The van der Waals surface area contributed by atoms with Crippen LogP contribution in [0.5, 0.6) is 11.5 Å². The SMILES string of the molecule is COc1cc2nc(C)nc(N[C@H](C)c3cccc(C(F)(F)C(C)(C)O)c3F)c2cc1OC[C@@H]1C2CC2CN1C. The lowest BCUT2D eigenvalue weighted by Crippen LogP contribution is -2.41. The Bertz CT molecular complexity index is 1390. The first-order valence-corrected chi connectivity index (χ1v) is 13.2. The zero-order chi connectivity index (χ0) is 28.3. The molecule has 7 nitrogen and oxygen atoms in total. The summed E-state index contributed by atoms with van der Waals surface area (Å²) >= 11 is 0. The molecule has 0 radical (unpaired) electrons. The maximum atomic E-state index is 15.4. The van der Waals surface area contributed by atoms with Crippen LogP contribution in [0.15, 0.2) is 30.3 Å². The fraction of sp³-hybridized carbons (Fsp3) is 0.517. The Morgan fingerprint density at radius 2 is 1.95 bits per heavy atom. The number of aryl methyl sites for hydroxylation is 1. The van der Waals surface area contributed by atoms with E-state index in [0.717, 1.165) is 32.4 Å². The summed E-state index contributed by atoms with van der Waals surface area (Å²) in [6, 6.07) is 6.99. The molecule has 2 fully saturated rings. The van der Waals surface area contributed by atoms with Crippen molar-refractivity contribution in [2.45, 2.75) is 57.7 Å². The highest BCUT2D eigenvalue weighted by Crippen LogP contribution is 2.49. The molecule has 5 rings (SSSR count). The number of benzene rings is 2. The number of fused-ring (bicyclic) bond motifs is 2. The van der Waals surface area contributed by atoms with E-state index in [1.54, 1.807) is 33.1 Å². The maximum Gasteiger partial charge on any atom is 0.303 e. The highest BCUT2D eigenvalue weighted by molar-refractivity contribution is 5.92. The quantitative estimate of drug-likeness (QED) is 0.371. The first-order valence-electron chi connectivity index (χ1n) is 13.2. The van der Waals surface area contributed by atoms with Crippen LogP contribution in [0.2, 0.25) is 0 Å². The number of alkyl halides is 2. The summed E-state index contributed by atoms with van der Waals surface area (Å²) in [7, 11) is 3.69. The number of nitrogens with zero attached hydrogens (tertiary/aromatic N) is 3. The molecule has 2 aliphatic rings. The van der Waals surface area contributed by atoms with Crippen LogP contribution in [0.1, 0.15) is 50.2 Å². The van der Waals surface area contributed by atoms with Crippen molar-refractivity contribution in [3.05, 3.63) is 53.1 Å². The number of hydrogen-bond donors (Lipinski definition) is 2. The predicted molar refractivity (Wildman–Crippen MR) is 143 cm³/mol. The van der Waals surface area contributed by atoms with Gasteiger partial charge in [0.05, 0.1) is 24.2 Å². The normalized spacial score (nSPS) is 22.1. The number of halogens is 3. The van der Waals surface area contributed by atoms with Gasteiger partial charge >= 0.3 is 5.92 Å². The van der Waals surface area contributed by atoms with E-state index in [0.29, 0.717) is 52.6 Å². The zero-order valence-electron chi connectivity index (χ0n) is 23.1. The second-order valence-corrected chi connectivity index (χ2v) is 11.3. The number of ether oxygens (including phenoxy) is 2. The molecule has 210 valence electrons. The summed E-state index contributed by atoms with van der Waals surface area (Å²) in [4.78, 5) is 11.4. The van der Waals surface area contributed by atoms with Gasteiger partial charge in [0.15, 0.2) is 11.5 Å². The third-order valence-corrected chi connectivity index (χ3v) is 8.02. The first kappa shape index (κ1) is 27.5. The minimum atomic E-state index is -3.79. The van der Waals surface area contributed by atoms with Crippen LogP contribution in [0.4, 0.5) is 19.0 Å². The summed E-state index contributed by atoms with van der Waals surface area (Å²) in [5.41, 5.74) is -2.68. The highest BCUT2D eigenvalue weighted by Gasteiger charge is 2.51. The number of nitrogens with one attached hydrogen (secondary N) is 1. The summed E-state index contributed by atoms with van der Waals surface area (Å²) in [5, 5.41) is 13.8. The number of aromatic nitrogens is 2. The lowest BCUT2D eigenvalue weighted by molar-refractivity contribution is -0.170. The van der Waals surface area contributed by atoms with E-state index in [1.807, 2.05) is 0 Å². The number of aliphatic hydroxyl groups is 1. The number of rotatable bonds is 9. The number of piperidine rings is 1. The summed E-state index contributed by atoms with van der Waals surface area (Å²) in [6.45, 7) is 6.93. The maximum absolute atomic E-state index is 15.4. The van der Waals surface area contributed by atoms with E-state index in [4.69, 9.17) is 9.47 Å². The van der Waals surface area contributed by atoms with Gasteiger partial charge in [-0.1, -0.05) is 12.1 Å². The van der Waals surface area contributed by atoms with Crippen molar-refractivity contribution in [2.24, 2.45) is 11.8 Å².